The van der Waals surface area contributed by atoms with E-state index >= 15 is 0 Å². The molecule has 1 aromatic heterocycles. The molecule has 0 amide bonds. The second-order valence-electron chi connectivity index (χ2n) is 6.48. The van der Waals surface area contributed by atoms with E-state index in [-0.39, 0.29) is 0 Å². The Bertz CT molecular complexity index is 377. The quantitative estimate of drug-likeness (QED) is 0.861. The molecule has 2 N–H and O–H groups in total. The van der Waals surface area contributed by atoms with Gasteiger partial charge in [0.25, 0.3) is 0 Å². The fraction of sp³-hybridized carbons (Fsp3) is 0.750. The van der Waals surface area contributed by atoms with E-state index in [1.807, 2.05) is 11.3 Å². The molecule has 0 atom stereocenters. The van der Waals surface area contributed by atoms with Gasteiger partial charge in [0.2, 0.25) is 0 Å². The number of hydrogen-bond acceptors (Lipinski definition) is 3. The predicted octanol–water partition coefficient (Wildman–Crippen LogP) is 3.62. The maximum atomic E-state index is 6.16. The van der Waals surface area contributed by atoms with Crippen LogP contribution in [0.3, 0.4) is 0 Å². The molecule has 1 aromatic rings. The van der Waals surface area contributed by atoms with Crippen molar-refractivity contribution in [3.63, 3.8) is 0 Å². The number of nitrogens with two attached hydrogens (primary N) is 1. The van der Waals surface area contributed by atoms with Gasteiger partial charge in [-0.3, -0.25) is 4.90 Å². The number of thiophene rings is 1. The van der Waals surface area contributed by atoms with Gasteiger partial charge in [0.05, 0.1) is 0 Å². The third-order valence-electron chi connectivity index (χ3n) is 4.89. The van der Waals surface area contributed by atoms with Crippen LogP contribution in [0.4, 0.5) is 0 Å². The van der Waals surface area contributed by atoms with Gasteiger partial charge in [-0.25, -0.2) is 0 Å². The SMILES string of the molecule is NCC1(CN(Cc2cccs2)C2CC2)CCCCC1. The van der Waals surface area contributed by atoms with Crippen molar-refractivity contribution < 1.29 is 0 Å². The zero-order valence-electron chi connectivity index (χ0n) is 11.8. The van der Waals surface area contributed by atoms with Crippen molar-refractivity contribution >= 4 is 11.3 Å². The molecule has 2 fully saturated rings. The fourth-order valence-electron chi connectivity index (χ4n) is 3.52. The molecule has 0 radical (unpaired) electrons. The Hall–Kier alpha value is -0.380. The van der Waals surface area contributed by atoms with Crippen LogP contribution < -0.4 is 5.73 Å². The van der Waals surface area contributed by atoms with Gasteiger partial charge in [-0.15, -0.1) is 11.3 Å². The Morgan fingerprint density at radius 2 is 2.05 bits per heavy atom. The zero-order valence-corrected chi connectivity index (χ0v) is 12.6. The van der Waals surface area contributed by atoms with Crippen LogP contribution in [0.5, 0.6) is 0 Å². The van der Waals surface area contributed by atoms with Crippen molar-refractivity contribution in [2.45, 2.75) is 57.5 Å². The lowest BCUT2D eigenvalue weighted by atomic mass is 9.73. The first-order valence-electron chi connectivity index (χ1n) is 7.78. The summed E-state index contributed by atoms with van der Waals surface area (Å²) in [6.45, 7) is 3.25. The fourth-order valence-corrected chi connectivity index (χ4v) is 4.25. The summed E-state index contributed by atoms with van der Waals surface area (Å²) in [5.74, 6) is 0. The van der Waals surface area contributed by atoms with Gasteiger partial charge in [-0.05, 0) is 49.1 Å². The van der Waals surface area contributed by atoms with Gasteiger partial charge in [0.1, 0.15) is 0 Å². The lowest BCUT2D eigenvalue weighted by Gasteiger charge is -2.40. The standard InChI is InChI=1S/C16H26N2S/c17-12-16(8-2-1-3-9-16)13-18(14-6-7-14)11-15-5-4-10-19-15/h4-5,10,14H,1-3,6-9,11-13,17H2. The first kappa shape index (κ1) is 13.6. The van der Waals surface area contributed by atoms with Crippen LogP contribution >= 0.6 is 11.3 Å². The summed E-state index contributed by atoms with van der Waals surface area (Å²) in [5.41, 5.74) is 6.57. The van der Waals surface area contributed by atoms with E-state index in [9.17, 15) is 0 Å². The molecule has 2 aliphatic rings. The highest BCUT2D eigenvalue weighted by Crippen LogP contribution is 2.39. The van der Waals surface area contributed by atoms with E-state index in [1.165, 1.54) is 56.4 Å². The highest BCUT2D eigenvalue weighted by molar-refractivity contribution is 7.09. The van der Waals surface area contributed by atoms with Crippen molar-refractivity contribution in [1.29, 1.82) is 0 Å². The summed E-state index contributed by atoms with van der Waals surface area (Å²) < 4.78 is 0. The summed E-state index contributed by atoms with van der Waals surface area (Å²) >= 11 is 1.89. The van der Waals surface area contributed by atoms with E-state index in [0.717, 1.165) is 19.1 Å². The molecule has 0 bridgehead atoms. The van der Waals surface area contributed by atoms with Gasteiger partial charge < -0.3 is 5.73 Å². The summed E-state index contributed by atoms with van der Waals surface area (Å²) in [6, 6.07) is 5.29. The van der Waals surface area contributed by atoms with Gasteiger partial charge in [0, 0.05) is 24.0 Å². The summed E-state index contributed by atoms with van der Waals surface area (Å²) in [6.07, 6.45) is 9.66. The smallest absolute Gasteiger partial charge is 0.0331 e. The molecule has 2 saturated carbocycles. The maximum absolute atomic E-state index is 6.16. The molecule has 3 heteroatoms. The maximum Gasteiger partial charge on any atom is 0.0331 e. The molecule has 0 unspecified atom stereocenters. The van der Waals surface area contributed by atoms with E-state index in [0.29, 0.717) is 5.41 Å². The highest BCUT2D eigenvalue weighted by Gasteiger charge is 2.37. The summed E-state index contributed by atoms with van der Waals surface area (Å²) in [4.78, 5) is 4.24. The number of hydrogen-bond donors (Lipinski definition) is 1. The second-order valence-corrected chi connectivity index (χ2v) is 7.51. The molecule has 0 aliphatic heterocycles. The minimum absolute atomic E-state index is 0.415. The normalized spacial score (nSPS) is 22.8. The van der Waals surface area contributed by atoms with Crippen molar-refractivity contribution in [3.05, 3.63) is 22.4 Å². The molecule has 2 nitrogen and oxygen atoms in total. The minimum Gasteiger partial charge on any atom is -0.330 e. The molecular weight excluding hydrogens is 252 g/mol. The largest absolute Gasteiger partial charge is 0.330 e. The van der Waals surface area contributed by atoms with E-state index in [4.69, 9.17) is 5.73 Å². The van der Waals surface area contributed by atoms with Gasteiger partial charge in [-0.2, -0.15) is 0 Å². The third kappa shape index (κ3) is 3.39. The van der Waals surface area contributed by atoms with Gasteiger partial charge in [0.15, 0.2) is 0 Å². The topological polar surface area (TPSA) is 29.3 Å². The molecule has 1 heterocycles. The molecule has 2 aliphatic carbocycles. The van der Waals surface area contributed by atoms with Crippen molar-refractivity contribution in [2.75, 3.05) is 13.1 Å². The van der Waals surface area contributed by atoms with Crippen LogP contribution in [0.2, 0.25) is 0 Å². The lowest BCUT2D eigenvalue weighted by molar-refractivity contribution is 0.102. The molecule has 0 saturated heterocycles. The molecule has 3 rings (SSSR count). The van der Waals surface area contributed by atoms with Crippen LogP contribution in [-0.4, -0.2) is 24.0 Å². The predicted molar refractivity (Wildman–Crippen MR) is 82.3 cm³/mol. The third-order valence-corrected chi connectivity index (χ3v) is 5.75. The van der Waals surface area contributed by atoms with Crippen molar-refractivity contribution in [2.24, 2.45) is 11.1 Å². The van der Waals surface area contributed by atoms with Crippen LogP contribution in [0.1, 0.15) is 49.8 Å². The first-order valence-corrected chi connectivity index (χ1v) is 8.66. The Kier molecular flexibility index (Phi) is 4.25. The average molecular weight is 278 g/mol. The first-order chi connectivity index (χ1) is 9.31. The van der Waals surface area contributed by atoms with Crippen LogP contribution in [-0.2, 0) is 6.54 Å². The van der Waals surface area contributed by atoms with Crippen LogP contribution in [0, 0.1) is 5.41 Å². The van der Waals surface area contributed by atoms with Gasteiger partial charge >= 0.3 is 0 Å². The number of nitrogens with zero attached hydrogens (tertiary/aromatic N) is 1. The van der Waals surface area contributed by atoms with E-state index in [1.54, 1.807) is 0 Å². The van der Waals surface area contributed by atoms with Gasteiger partial charge in [-0.1, -0.05) is 25.3 Å². The van der Waals surface area contributed by atoms with E-state index in [2.05, 4.69) is 22.4 Å². The second kappa shape index (κ2) is 5.94. The highest BCUT2D eigenvalue weighted by atomic mass is 32.1. The Balaban J connectivity index is 1.66. The molecule has 19 heavy (non-hydrogen) atoms. The summed E-state index contributed by atoms with van der Waals surface area (Å²) in [7, 11) is 0. The Morgan fingerprint density at radius 3 is 2.63 bits per heavy atom. The molecule has 0 aromatic carbocycles. The van der Waals surface area contributed by atoms with Crippen molar-refractivity contribution in [3.8, 4) is 0 Å². The Morgan fingerprint density at radius 1 is 1.26 bits per heavy atom. The van der Waals surface area contributed by atoms with Crippen LogP contribution in [0.15, 0.2) is 17.5 Å². The zero-order chi connectivity index (χ0) is 13.1. The minimum atomic E-state index is 0.415. The van der Waals surface area contributed by atoms with Crippen molar-refractivity contribution in [1.82, 2.24) is 4.90 Å². The molecule has 106 valence electrons. The Labute approximate surface area is 121 Å². The molecule has 0 spiro atoms. The molecular formula is C16H26N2S. The number of rotatable bonds is 6. The summed E-state index contributed by atoms with van der Waals surface area (Å²) in [5, 5.41) is 2.19. The average Bonchev–Trinajstić information content (AvgIpc) is 3.18. The monoisotopic (exact) mass is 278 g/mol. The van der Waals surface area contributed by atoms with Crippen LogP contribution in [0.25, 0.3) is 0 Å². The van der Waals surface area contributed by atoms with E-state index < -0.39 is 0 Å². The lowest BCUT2D eigenvalue weighted by Crippen LogP contribution is -2.44.